The zero-order valence-corrected chi connectivity index (χ0v) is 16.1. The van der Waals surface area contributed by atoms with Crippen molar-refractivity contribution >= 4 is 27.5 Å². The van der Waals surface area contributed by atoms with E-state index < -0.39 is 33.3 Å². The molecule has 0 radical (unpaired) electrons. The van der Waals surface area contributed by atoms with Crippen LogP contribution >= 0.6 is 0 Å². The minimum atomic E-state index is -3.68. The lowest BCUT2D eigenvalue weighted by atomic mass is 10.1. The molecule has 0 saturated carbocycles. The van der Waals surface area contributed by atoms with Crippen LogP contribution in [0.25, 0.3) is 0 Å². The third-order valence-electron chi connectivity index (χ3n) is 4.51. The van der Waals surface area contributed by atoms with Crippen molar-refractivity contribution in [2.45, 2.75) is 17.7 Å². The van der Waals surface area contributed by atoms with Gasteiger partial charge >= 0.3 is 5.97 Å². The fourth-order valence-electron chi connectivity index (χ4n) is 2.93. The summed E-state index contributed by atoms with van der Waals surface area (Å²) in [6.45, 7) is 0.321. The topological polar surface area (TPSA) is 124 Å². The van der Waals surface area contributed by atoms with E-state index in [0.29, 0.717) is 13.1 Å². The summed E-state index contributed by atoms with van der Waals surface area (Å²) in [4.78, 5) is 34.4. The number of non-ortho nitro benzene ring substituents is 1. The highest BCUT2D eigenvalue weighted by Gasteiger charge is 2.27. The van der Waals surface area contributed by atoms with E-state index in [2.05, 4.69) is 0 Å². The smallest absolute Gasteiger partial charge is 0.338 e. The highest BCUT2D eigenvalue weighted by atomic mass is 32.2. The summed E-state index contributed by atoms with van der Waals surface area (Å²) in [5.74, 6) is -1.37. The normalized spacial score (nSPS) is 14.5. The van der Waals surface area contributed by atoms with Crippen molar-refractivity contribution in [2.75, 3.05) is 19.7 Å². The molecule has 2 aromatic rings. The van der Waals surface area contributed by atoms with Crippen LogP contribution in [0.5, 0.6) is 0 Å². The Balaban J connectivity index is 1.66. The van der Waals surface area contributed by atoms with Gasteiger partial charge < -0.3 is 4.74 Å². The molecule has 9 nitrogen and oxygen atoms in total. The van der Waals surface area contributed by atoms with Crippen LogP contribution in [-0.4, -0.2) is 49.1 Å². The van der Waals surface area contributed by atoms with E-state index in [1.54, 1.807) is 0 Å². The summed E-state index contributed by atoms with van der Waals surface area (Å²) in [6, 6.07) is 10.4. The number of carbonyl (C=O) groups excluding carboxylic acids is 2. The molecule has 1 aliphatic rings. The van der Waals surface area contributed by atoms with Gasteiger partial charge in [0.25, 0.3) is 5.69 Å². The summed E-state index contributed by atoms with van der Waals surface area (Å²) >= 11 is 0. The number of carbonyl (C=O) groups is 2. The standard InChI is InChI=1S/C19H18N2O7S/c22-18(14-6-8-16(9-7-14)21(24)25)13-28-19(23)15-4-3-5-17(12-15)29(26,27)20-10-1-2-11-20/h3-9,12H,1-2,10-11,13H2. The number of esters is 1. The molecule has 1 fully saturated rings. The van der Waals surface area contributed by atoms with Crippen molar-refractivity contribution < 1.29 is 27.7 Å². The van der Waals surface area contributed by atoms with E-state index >= 15 is 0 Å². The minimum Gasteiger partial charge on any atom is -0.454 e. The average molecular weight is 418 g/mol. The number of sulfonamides is 1. The van der Waals surface area contributed by atoms with E-state index in [1.807, 2.05) is 0 Å². The van der Waals surface area contributed by atoms with Gasteiger partial charge in [-0.2, -0.15) is 4.31 Å². The number of benzene rings is 2. The molecule has 1 heterocycles. The number of nitro groups is 1. The largest absolute Gasteiger partial charge is 0.454 e. The van der Waals surface area contributed by atoms with Gasteiger partial charge in [-0.3, -0.25) is 14.9 Å². The Morgan fingerprint density at radius 2 is 1.69 bits per heavy atom. The van der Waals surface area contributed by atoms with Gasteiger partial charge in [-0.15, -0.1) is 0 Å². The molecule has 0 aliphatic carbocycles. The van der Waals surface area contributed by atoms with E-state index in [-0.39, 0.29) is 21.7 Å². The maximum atomic E-state index is 12.6. The molecule has 0 amide bonds. The first-order chi connectivity index (χ1) is 13.8. The number of rotatable bonds is 7. The van der Waals surface area contributed by atoms with E-state index in [0.717, 1.165) is 12.8 Å². The molecule has 10 heteroatoms. The van der Waals surface area contributed by atoms with Crippen molar-refractivity contribution in [3.05, 3.63) is 69.8 Å². The number of hydrogen-bond donors (Lipinski definition) is 0. The Morgan fingerprint density at radius 1 is 1.03 bits per heavy atom. The second kappa shape index (κ2) is 8.50. The van der Waals surface area contributed by atoms with Crippen LogP contribution in [0.15, 0.2) is 53.4 Å². The van der Waals surface area contributed by atoms with Crippen LogP contribution in [0, 0.1) is 10.1 Å². The maximum absolute atomic E-state index is 12.6. The van der Waals surface area contributed by atoms with Crippen LogP contribution in [0.3, 0.4) is 0 Å². The molecular formula is C19H18N2O7S. The lowest BCUT2D eigenvalue weighted by Gasteiger charge is -2.15. The van der Waals surface area contributed by atoms with Crippen molar-refractivity contribution in [3.8, 4) is 0 Å². The maximum Gasteiger partial charge on any atom is 0.338 e. The van der Waals surface area contributed by atoms with Gasteiger partial charge in [0, 0.05) is 30.8 Å². The van der Waals surface area contributed by atoms with Gasteiger partial charge in [0.05, 0.1) is 15.4 Å². The molecule has 0 aromatic heterocycles. The molecule has 0 bridgehead atoms. The molecule has 3 rings (SSSR count). The number of ether oxygens (including phenoxy) is 1. The van der Waals surface area contributed by atoms with Crippen LogP contribution in [-0.2, 0) is 14.8 Å². The molecule has 0 unspecified atom stereocenters. The Labute approximate surface area is 167 Å². The number of Topliss-reactive ketones (excluding diaryl/α,β-unsaturated/α-hetero) is 1. The van der Waals surface area contributed by atoms with Crippen molar-refractivity contribution in [1.82, 2.24) is 4.31 Å². The van der Waals surface area contributed by atoms with Crippen molar-refractivity contribution in [1.29, 1.82) is 0 Å². The van der Waals surface area contributed by atoms with Gasteiger partial charge in [0.1, 0.15) is 0 Å². The fourth-order valence-corrected chi connectivity index (χ4v) is 4.49. The number of nitrogens with zero attached hydrogens (tertiary/aromatic N) is 2. The van der Waals surface area contributed by atoms with E-state index in [4.69, 9.17) is 4.74 Å². The first-order valence-electron chi connectivity index (χ1n) is 8.84. The molecular weight excluding hydrogens is 400 g/mol. The SMILES string of the molecule is O=C(COC(=O)c1cccc(S(=O)(=O)N2CCCC2)c1)c1ccc([N+](=O)[O-])cc1. The molecule has 1 saturated heterocycles. The highest BCUT2D eigenvalue weighted by molar-refractivity contribution is 7.89. The van der Waals surface area contributed by atoms with Crippen molar-refractivity contribution in [2.24, 2.45) is 0 Å². The monoisotopic (exact) mass is 418 g/mol. The molecule has 29 heavy (non-hydrogen) atoms. The third-order valence-corrected chi connectivity index (χ3v) is 6.40. The Kier molecular flexibility index (Phi) is 6.04. The summed E-state index contributed by atoms with van der Waals surface area (Å²) in [5.41, 5.74) is 0.0186. The summed E-state index contributed by atoms with van der Waals surface area (Å²) in [5, 5.41) is 10.6. The lowest BCUT2D eigenvalue weighted by molar-refractivity contribution is -0.384. The number of ketones is 1. The Morgan fingerprint density at radius 3 is 2.31 bits per heavy atom. The van der Waals surface area contributed by atoms with Crippen LogP contribution in [0.4, 0.5) is 5.69 Å². The van der Waals surface area contributed by atoms with Crippen LogP contribution < -0.4 is 0 Å². The molecule has 0 atom stereocenters. The Bertz CT molecular complexity index is 1040. The first kappa shape index (κ1) is 20.6. The molecule has 152 valence electrons. The summed E-state index contributed by atoms with van der Waals surface area (Å²) in [6.07, 6.45) is 1.59. The predicted molar refractivity (Wildman–Crippen MR) is 102 cm³/mol. The van der Waals surface area contributed by atoms with E-state index in [9.17, 15) is 28.1 Å². The fraction of sp³-hybridized carbons (Fsp3) is 0.263. The second-order valence-corrected chi connectivity index (χ2v) is 8.38. The van der Waals surface area contributed by atoms with Gasteiger partial charge in [0.2, 0.25) is 10.0 Å². The van der Waals surface area contributed by atoms with E-state index in [1.165, 1.54) is 52.8 Å². The molecule has 0 spiro atoms. The quantitative estimate of drug-likeness (QED) is 0.293. The van der Waals surface area contributed by atoms with Gasteiger partial charge in [-0.1, -0.05) is 6.07 Å². The third kappa shape index (κ3) is 4.66. The van der Waals surface area contributed by atoms with Gasteiger partial charge in [0.15, 0.2) is 12.4 Å². The summed E-state index contributed by atoms with van der Waals surface area (Å²) in [7, 11) is -3.68. The second-order valence-electron chi connectivity index (χ2n) is 6.44. The zero-order chi connectivity index (χ0) is 21.0. The highest BCUT2D eigenvalue weighted by Crippen LogP contribution is 2.22. The summed E-state index contributed by atoms with van der Waals surface area (Å²) < 4.78 is 31.6. The zero-order valence-electron chi connectivity index (χ0n) is 15.3. The van der Waals surface area contributed by atoms with Crippen molar-refractivity contribution in [3.63, 3.8) is 0 Å². The average Bonchev–Trinajstić information content (AvgIpc) is 3.27. The molecule has 1 aliphatic heterocycles. The number of hydrogen-bond acceptors (Lipinski definition) is 7. The minimum absolute atomic E-state index is 0.00412. The first-order valence-corrected chi connectivity index (χ1v) is 10.3. The van der Waals surface area contributed by atoms with Crippen LogP contribution in [0.2, 0.25) is 0 Å². The number of nitro benzene ring substituents is 1. The molecule has 2 aromatic carbocycles. The Hall–Kier alpha value is -3.11. The van der Waals surface area contributed by atoms with Gasteiger partial charge in [-0.25, -0.2) is 13.2 Å². The lowest BCUT2D eigenvalue weighted by Crippen LogP contribution is -2.28. The van der Waals surface area contributed by atoms with Crippen LogP contribution in [0.1, 0.15) is 33.6 Å². The predicted octanol–water partition coefficient (Wildman–Crippen LogP) is 2.42. The van der Waals surface area contributed by atoms with Gasteiger partial charge in [-0.05, 0) is 43.2 Å². The molecule has 0 N–H and O–H groups in total.